The maximum absolute atomic E-state index is 14.0. The van der Waals surface area contributed by atoms with Gasteiger partial charge in [0.05, 0.1) is 21.6 Å². The summed E-state index contributed by atoms with van der Waals surface area (Å²) in [4.78, 5) is 26.7. The molecule has 1 saturated heterocycles. The third-order valence-corrected chi connectivity index (χ3v) is 7.05. The summed E-state index contributed by atoms with van der Waals surface area (Å²) in [6.07, 6.45) is 1.64. The summed E-state index contributed by atoms with van der Waals surface area (Å²) in [6, 6.07) is 17.1. The molecule has 5 nitrogen and oxygen atoms in total. The summed E-state index contributed by atoms with van der Waals surface area (Å²) < 4.78 is 26.7. The van der Waals surface area contributed by atoms with E-state index in [1.807, 2.05) is 25.1 Å². The summed E-state index contributed by atoms with van der Waals surface area (Å²) in [6.45, 7) is 2.52. The Morgan fingerprint density at radius 1 is 1.09 bits per heavy atom. The SMILES string of the molecule is CCOc1cc(/C=C2/SC(=O)N(Cc3ccccc3F)C2=O)cc(I)c1OCc1ccc(Cl)cc1. The van der Waals surface area contributed by atoms with E-state index < -0.39 is 17.0 Å². The van der Waals surface area contributed by atoms with Gasteiger partial charge in [-0.25, -0.2) is 4.39 Å². The Morgan fingerprint density at radius 3 is 2.54 bits per heavy atom. The molecule has 0 aromatic heterocycles. The van der Waals surface area contributed by atoms with Gasteiger partial charge in [0.1, 0.15) is 12.4 Å². The molecule has 9 heteroatoms. The van der Waals surface area contributed by atoms with E-state index in [0.717, 1.165) is 25.8 Å². The monoisotopic (exact) mass is 623 g/mol. The number of amides is 2. The number of rotatable bonds is 8. The molecule has 2 amide bonds. The predicted molar refractivity (Wildman–Crippen MR) is 144 cm³/mol. The van der Waals surface area contributed by atoms with Crippen molar-refractivity contribution in [2.24, 2.45) is 0 Å². The van der Waals surface area contributed by atoms with Crippen LogP contribution in [0.15, 0.2) is 65.6 Å². The zero-order valence-electron chi connectivity index (χ0n) is 18.6. The van der Waals surface area contributed by atoms with Crippen LogP contribution in [0.3, 0.4) is 0 Å². The van der Waals surface area contributed by atoms with Gasteiger partial charge in [0.15, 0.2) is 11.5 Å². The zero-order valence-corrected chi connectivity index (χ0v) is 22.3. The van der Waals surface area contributed by atoms with Crippen LogP contribution in [0, 0.1) is 9.39 Å². The first-order chi connectivity index (χ1) is 16.9. The molecule has 0 unspecified atom stereocenters. The number of imide groups is 1. The topological polar surface area (TPSA) is 55.8 Å². The van der Waals surface area contributed by atoms with E-state index >= 15 is 0 Å². The van der Waals surface area contributed by atoms with E-state index in [4.69, 9.17) is 21.1 Å². The maximum Gasteiger partial charge on any atom is 0.293 e. The van der Waals surface area contributed by atoms with E-state index in [1.165, 1.54) is 6.07 Å². The van der Waals surface area contributed by atoms with Gasteiger partial charge >= 0.3 is 0 Å². The molecule has 0 saturated carbocycles. The Bertz CT molecular complexity index is 1300. The van der Waals surface area contributed by atoms with Crippen LogP contribution in [0.25, 0.3) is 6.08 Å². The van der Waals surface area contributed by atoms with E-state index in [2.05, 4.69) is 22.6 Å². The highest BCUT2D eigenvalue weighted by Gasteiger charge is 2.35. The summed E-state index contributed by atoms with van der Waals surface area (Å²) in [7, 11) is 0. The molecule has 1 aliphatic rings. The molecule has 0 aliphatic carbocycles. The lowest BCUT2D eigenvalue weighted by molar-refractivity contribution is -0.123. The summed E-state index contributed by atoms with van der Waals surface area (Å²) in [5.41, 5.74) is 1.93. The molecule has 1 fully saturated rings. The van der Waals surface area contributed by atoms with Gasteiger partial charge in [-0.1, -0.05) is 41.9 Å². The lowest BCUT2D eigenvalue weighted by atomic mass is 10.1. The second kappa shape index (κ2) is 11.5. The maximum atomic E-state index is 14.0. The van der Waals surface area contributed by atoms with E-state index in [1.54, 1.807) is 42.5 Å². The van der Waals surface area contributed by atoms with Gasteiger partial charge in [-0.3, -0.25) is 14.5 Å². The fraction of sp³-hybridized carbons (Fsp3) is 0.154. The second-order valence-electron chi connectivity index (χ2n) is 7.54. The highest BCUT2D eigenvalue weighted by Crippen LogP contribution is 2.38. The number of thioether (sulfide) groups is 1. The third-order valence-electron chi connectivity index (χ3n) is 5.09. The number of ether oxygens (including phenoxy) is 2. The minimum atomic E-state index is -0.459. The molecular weight excluding hydrogens is 604 g/mol. The smallest absolute Gasteiger partial charge is 0.293 e. The number of carbonyl (C=O) groups is 2. The first kappa shape index (κ1) is 25.5. The number of nitrogens with zero attached hydrogens (tertiary/aromatic N) is 1. The van der Waals surface area contributed by atoms with Crippen LogP contribution in [0.4, 0.5) is 9.18 Å². The lowest BCUT2D eigenvalue weighted by Crippen LogP contribution is -2.27. The number of hydrogen-bond acceptors (Lipinski definition) is 5. The summed E-state index contributed by atoms with van der Waals surface area (Å²) in [5.74, 6) is 0.206. The van der Waals surface area contributed by atoms with Crippen molar-refractivity contribution in [2.45, 2.75) is 20.1 Å². The number of carbonyl (C=O) groups excluding carboxylic acids is 2. The van der Waals surface area contributed by atoms with Crippen LogP contribution < -0.4 is 9.47 Å². The van der Waals surface area contributed by atoms with Gasteiger partial charge in [-0.05, 0) is 88.8 Å². The molecular formula is C26H20ClFINO4S. The Kier molecular flexibility index (Phi) is 8.35. The third kappa shape index (κ3) is 6.17. The summed E-state index contributed by atoms with van der Waals surface area (Å²) >= 11 is 8.93. The van der Waals surface area contributed by atoms with Crippen molar-refractivity contribution >= 4 is 63.2 Å². The van der Waals surface area contributed by atoms with Crippen LogP contribution in [-0.4, -0.2) is 22.7 Å². The van der Waals surface area contributed by atoms with Crippen LogP contribution in [-0.2, 0) is 17.9 Å². The highest BCUT2D eigenvalue weighted by molar-refractivity contribution is 14.1. The Morgan fingerprint density at radius 2 is 1.83 bits per heavy atom. The quantitative estimate of drug-likeness (QED) is 0.195. The van der Waals surface area contributed by atoms with Crippen molar-refractivity contribution in [1.29, 1.82) is 0 Å². The molecule has 3 aromatic rings. The molecule has 3 aromatic carbocycles. The number of hydrogen-bond donors (Lipinski definition) is 0. The molecule has 35 heavy (non-hydrogen) atoms. The van der Waals surface area contributed by atoms with Gasteiger partial charge in [0.25, 0.3) is 11.1 Å². The van der Waals surface area contributed by atoms with Crippen molar-refractivity contribution in [3.8, 4) is 11.5 Å². The standard InChI is InChI=1S/C26H20ClFINO4S/c1-2-33-22-12-17(11-21(29)24(22)34-15-16-7-9-19(27)10-8-16)13-23-25(31)30(26(32)35-23)14-18-5-3-4-6-20(18)28/h3-13H,2,14-15H2,1H3/b23-13+. The number of halogens is 3. The highest BCUT2D eigenvalue weighted by atomic mass is 127. The van der Waals surface area contributed by atoms with E-state index in [-0.39, 0.29) is 17.0 Å². The molecule has 4 rings (SSSR count). The predicted octanol–water partition coefficient (Wildman–Crippen LogP) is 7.30. The second-order valence-corrected chi connectivity index (χ2v) is 10.1. The van der Waals surface area contributed by atoms with Crippen LogP contribution in [0.2, 0.25) is 5.02 Å². The van der Waals surface area contributed by atoms with Gasteiger partial charge in [-0.2, -0.15) is 0 Å². The van der Waals surface area contributed by atoms with E-state index in [0.29, 0.717) is 35.3 Å². The van der Waals surface area contributed by atoms with Crippen LogP contribution in [0.1, 0.15) is 23.6 Å². The van der Waals surface area contributed by atoms with Crippen LogP contribution in [0.5, 0.6) is 11.5 Å². The average molecular weight is 624 g/mol. The lowest BCUT2D eigenvalue weighted by Gasteiger charge is -2.15. The van der Waals surface area contributed by atoms with Crippen LogP contribution >= 0.6 is 46.0 Å². The minimum absolute atomic E-state index is 0.117. The first-order valence-electron chi connectivity index (χ1n) is 10.7. The van der Waals surface area contributed by atoms with Crippen molar-refractivity contribution in [2.75, 3.05) is 6.61 Å². The van der Waals surface area contributed by atoms with Crippen molar-refractivity contribution in [3.63, 3.8) is 0 Å². The van der Waals surface area contributed by atoms with Gasteiger partial charge in [-0.15, -0.1) is 0 Å². The fourth-order valence-corrected chi connectivity index (χ4v) is 5.14. The molecule has 0 bridgehead atoms. The fourth-order valence-electron chi connectivity index (χ4n) is 3.40. The number of benzene rings is 3. The van der Waals surface area contributed by atoms with Crippen molar-refractivity contribution < 1.29 is 23.5 Å². The zero-order chi connectivity index (χ0) is 24.9. The normalized spacial score (nSPS) is 14.6. The largest absolute Gasteiger partial charge is 0.490 e. The average Bonchev–Trinajstić information content (AvgIpc) is 3.08. The Balaban J connectivity index is 1.55. The Labute approximate surface area is 225 Å². The molecule has 0 atom stereocenters. The van der Waals surface area contributed by atoms with Gasteiger partial charge < -0.3 is 9.47 Å². The van der Waals surface area contributed by atoms with Crippen molar-refractivity contribution in [3.05, 3.63) is 96.7 Å². The van der Waals surface area contributed by atoms with Gasteiger partial charge in [0.2, 0.25) is 0 Å². The molecule has 1 aliphatic heterocycles. The molecule has 180 valence electrons. The molecule has 0 N–H and O–H groups in total. The Hall–Kier alpha value is -2.56. The molecule has 0 radical (unpaired) electrons. The van der Waals surface area contributed by atoms with Crippen molar-refractivity contribution in [1.82, 2.24) is 4.90 Å². The minimum Gasteiger partial charge on any atom is -0.490 e. The first-order valence-corrected chi connectivity index (χ1v) is 13.0. The summed E-state index contributed by atoms with van der Waals surface area (Å²) in [5, 5.41) is 0.216. The van der Waals surface area contributed by atoms with E-state index in [9.17, 15) is 14.0 Å². The molecule has 1 heterocycles. The molecule has 0 spiro atoms. The van der Waals surface area contributed by atoms with Gasteiger partial charge in [0, 0.05) is 10.6 Å².